The Bertz CT molecular complexity index is 864. The molecule has 1 heterocycles. The second-order valence-corrected chi connectivity index (χ2v) is 8.59. The number of hydrogen-bond acceptors (Lipinski definition) is 14. The third-order valence-electron chi connectivity index (χ3n) is 3.93. The molecule has 0 aromatic carbocycles. The lowest BCUT2D eigenvalue weighted by Gasteiger charge is -2.18. The van der Waals surface area contributed by atoms with Crippen LogP contribution in [-0.2, 0) is 66.2 Å². The number of carbonyl (C=O) groups is 6. The first-order chi connectivity index (χ1) is 17.4. The Kier molecular flexibility index (Phi) is 14.5. The summed E-state index contributed by atoms with van der Waals surface area (Å²) in [6, 6.07) is 0. The van der Waals surface area contributed by atoms with Gasteiger partial charge in [0.1, 0.15) is 19.8 Å². The van der Waals surface area contributed by atoms with Crippen molar-refractivity contribution in [3.8, 4) is 0 Å². The highest BCUT2D eigenvalue weighted by atomic mass is 31.2. The smallest absolute Gasteiger partial charge is 0.462 e. The van der Waals surface area contributed by atoms with Crippen LogP contribution in [0.15, 0.2) is 0 Å². The highest BCUT2D eigenvalue weighted by Crippen LogP contribution is 2.43. The van der Waals surface area contributed by atoms with Gasteiger partial charge < -0.3 is 34.0 Å². The molecular weight excluding hydrogens is 527 g/mol. The zero-order valence-electron chi connectivity index (χ0n) is 20.2. The van der Waals surface area contributed by atoms with Gasteiger partial charge in [0.25, 0.3) is 11.8 Å². The molecule has 1 aliphatic rings. The lowest BCUT2D eigenvalue weighted by atomic mass is 10.4. The Hall–Kier alpha value is -2.95. The van der Waals surface area contributed by atoms with Crippen LogP contribution in [0.5, 0.6) is 0 Å². The summed E-state index contributed by atoms with van der Waals surface area (Å²) in [7, 11) is -4.56. The predicted molar refractivity (Wildman–Crippen MR) is 116 cm³/mol. The van der Waals surface area contributed by atoms with Crippen LogP contribution in [-0.4, -0.2) is 104 Å². The normalized spacial score (nSPS) is 15.6. The van der Waals surface area contributed by atoms with Crippen LogP contribution >= 0.6 is 7.82 Å². The van der Waals surface area contributed by atoms with Crippen molar-refractivity contribution in [2.24, 2.45) is 0 Å². The molecule has 0 saturated carbocycles. The van der Waals surface area contributed by atoms with Gasteiger partial charge in [0.2, 0.25) is 5.91 Å². The maximum Gasteiger partial charge on any atom is 0.472 e. The molecule has 0 aliphatic carbocycles. The Labute approximate surface area is 211 Å². The van der Waals surface area contributed by atoms with Crippen molar-refractivity contribution in [1.29, 1.82) is 0 Å². The lowest BCUT2D eigenvalue weighted by molar-refractivity contribution is -0.200. The van der Waals surface area contributed by atoms with Crippen LogP contribution in [0.4, 0.5) is 0 Å². The molecule has 1 rings (SSSR count). The van der Waals surface area contributed by atoms with Crippen LogP contribution in [0.25, 0.3) is 0 Å². The molecule has 1 fully saturated rings. The molecule has 1 unspecified atom stereocenters. The second-order valence-electron chi connectivity index (χ2n) is 7.13. The van der Waals surface area contributed by atoms with E-state index in [1.54, 1.807) is 0 Å². The second kappa shape index (κ2) is 16.7. The maximum atomic E-state index is 11.9. The van der Waals surface area contributed by atoms with Gasteiger partial charge in [-0.2, -0.15) is 0 Å². The first-order valence-corrected chi connectivity index (χ1v) is 12.3. The molecule has 1 saturated heterocycles. The molecule has 3 amide bonds. The van der Waals surface area contributed by atoms with E-state index in [-0.39, 0.29) is 39.2 Å². The molecule has 0 bridgehead atoms. The van der Waals surface area contributed by atoms with Crippen molar-refractivity contribution in [3.63, 3.8) is 0 Å². The van der Waals surface area contributed by atoms with Gasteiger partial charge in [-0.15, -0.1) is 5.06 Å². The van der Waals surface area contributed by atoms with Crippen molar-refractivity contribution in [2.45, 2.75) is 32.8 Å². The molecule has 17 nitrogen and oxygen atoms in total. The maximum absolute atomic E-state index is 11.9. The fraction of sp³-hybridized carbons (Fsp3) is 0.684. The van der Waals surface area contributed by atoms with E-state index in [4.69, 9.17) is 18.7 Å². The highest BCUT2D eigenvalue weighted by Gasteiger charge is 2.32. The van der Waals surface area contributed by atoms with Crippen LogP contribution in [0, 0.1) is 0 Å². The SMILES string of the molecule is CC(=O)OC[C@H](COP(=O)(O)OCCNC(=O)COCCOCC(=O)ON1C(=O)CCC1=O)OC(C)=O. The first-order valence-electron chi connectivity index (χ1n) is 10.8. The summed E-state index contributed by atoms with van der Waals surface area (Å²) in [4.78, 5) is 82.0. The molecule has 0 aromatic heterocycles. The lowest BCUT2D eigenvalue weighted by Crippen LogP contribution is -2.33. The number of amides is 3. The van der Waals surface area contributed by atoms with E-state index in [1.807, 2.05) is 0 Å². The van der Waals surface area contributed by atoms with Gasteiger partial charge in [0.05, 0.1) is 26.4 Å². The molecule has 210 valence electrons. The topological polar surface area (TPSA) is 220 Å². The molecular formula is C19H29N2O15P. The number of phosphoric acid groups is 1. The molecule has 0 spiro atoms. The number of hydroxylamine groups is 2. The predicted octanol–water partition coefficient (Wildman–Crippen LogP) is -1.63. The number of rotatable bonds is 18. The van der Waals surface area contributed by atoms with Gasteiger partial charge in [-0.1, -0.05) is 0 Å². The number of nitrogens with zero attached hydrogens (tertiary/aromatic N) is 1. The Balaban J connectivity index is 2.11. The number of nitrogens with one attached hydrogen (secondary N) is 1. The number of phosphoric ester groups is 1. The number of imide groups is 1. The molecule has 2 N–H and O–H groups in total. The van der Waals surface area contributed by atoms with Crippen LogP contribution in [0.2, 0.25) is 0 Å². The molecule has 2 atom stereocenters. The van der Waals surface area contributed by atoms with Crippen molar-refractivity contribution < 1.29 is 71.1 Å². The van der Waals surface area contributed by atoms with E-state index in [0.29, 0.717) is 5.06 Å². The standard InChI is InChI=1S/C19H29N2O15P/c1-13(22)32-9-15(35-14(2)23)10-34-37(28,29)33-6-5-20-16(24)11-30-7-8-31-12-19(27)36-21-17(25)3-4-18(21)26/h15H,3-12H2,1-2H3,(H,20,24)(H,28,29)/t15-/m1/s1. The minimum absolute atomic E-state index is 0.0286. The van der Waals surface area contributed by atoms with Crippen LogP contribution in [0.1, 0.15) is 26.7 Å². The summed E-state index contributed by atoms with van der Waals surface area (Å²) < 4.78 is 40.7. The molecule has 0 radical (unpaired) electrons. The van der Waals surface area contributed by atoms with E-state index in [2.05, 4.69) is 19.4 Å². The number of hydrogen-bond donors (Lipinski definition) is 2. The van der Waals surface area contributed by atoms with Crippen molar-refractivity contribution in [2.75, 3.05) is 52.8 Å². The van der Waals surface area contributed by atoms with Gasteiger partial charge in [0, 0.05) is 33.2 Å². The van der Waals surface area contributed by atoms with E-state index in [1.165, 1.54) is 0 Å². The quantitative estimate of drug-likeness (QED) is 0.0838. The Morgan fingerprint density at radius 1 is 0.946 bits per heavy atom. The minimum Gasteiger partial charge on any atom is -0.462 e. The number of esters is 2. The average molecular weight is 556 g/mol. The fourth-order valence-electron chi connectivity index (χ4n) is 2.40. The van der Waals surface area contributed by atoms with Crippen LogP contribution in [0.3, 0.4) is 0 Å². The zero-order chi connectivity index (χ0) is 27.8. The summed E-state index contributed by atoms with van der Waals surface area (Å²) in [6.45, 7) is -0.437. The first kappa shape index (κ1) is 32.1. The van der Waals surface area contributed by atoms with Crippen LogP contribution < -0.4 is 5.32 Å². The summed E-state index contributed by atoms with van der Waals surface area (Å²) in [6.07, 6.45) is -1.19. The zero-order valence-corrected chi connectivity index (χ0v) is 21.1. The minimum atomic E-state index is -4.56. The monoisotopic (exact) mass is 556 g/mol. The summed E-state index contributed by atoms with van der Waals surface area (Å²) in [5, 5.41) is 2.74. The van der Waals surface area contributed by atoms with Gasteiger partial charge in [0.15, 0.2) is 6.10 Å². The van der Waals surface area contributed by atoms with Gasteiger partial charge >= 0.3 is 25.7 Å². The fourth-order valence-corrected chi connectivity index (χ4v) is 3.15. The van der Waals surface area contributed by atoms with E-state index < -0.39 is 76.0 Å². The third kappa shape index (κ3) is 15.0. The Morgan fingerprint density at radius 3 is 2.16 bits per heavy atom. The average Bonchev–Trinajstić information content (AvgIpc) is 3.12. The van der Waals surface area contributed by atoms with Crippen molar-refractivity contribution in [1.82, 2.24) is 10.4 Å². The van der Waals surface area contributed by atoms with E-state index >= 15 is 0 Å². The van der Waals surface area contributed by atoms with E-state index in [9.17, 15) is 38.2 Å². The largest absolute Gasteiger partial charge is 0.472 e. The molecule has 0 aromatic rings. The Morgan fingerprint density at radius 2 is 1.57 bits per heavy atom. The number of ether oxygens (including phenoxy) is 4. The summed E-state index contributed by atoms with van der Waals surface area (Å²) in [5.41, 5.74) is 0. The van der Waals surface area contributed by atoms with Gasteiger partial charge in [-0.05, 0) is 0 Å². The van der Waals surface area contributed by atoms with E-state index in [0.717, 1.165) is 13.8 Å². The van der Waals surface area contributed by atoms with Crippen molar-refractivity contribution >= 4 is 43.5 Å². The van der Waals surface area contributed by atoms with Crippen molar-refractivity contribution in [3.05, 3.63) is 0 Å². The summed E-state index contributed by atoms with van der Waals surface area (Å²) >= 11 is 0. The molecule has 18 heteroatoms. The summed E-state index contributed by atoms with van der Waals surface area (Å²) in [5.74, 6) is -4.13. The van der Waals surface area contributed by atoms with Gasteiger partial charge in [-0.25, -0.2) is 9.36 Å². The number of carbonyl (C=O) groups excluding carboxylic acids is 6. The molecule has 1 aliphatic heterocycles. The highest BCUT2D eigenvalue weighted by molar-refractivity contribution is 7.47. The third-order valence-corrected chi connectivity index (χ3v) is 4.92. The van der Waals surface area contributed by atoms with Gasteiger partial charge in [-0.3, -0.25) is 33.0 Å². The molecule has 37 heavy (non-hydrogen) atoms.